The quantitative estimate of drug-likeness (QED) is 0.296. The Bertz CT molecular complexity index is 1730. The number of likely N-dealkylation sites (N-methyl/N-ethyl adjacent to an activating group) is 1. The molecule has 7 rings (SSSR count). The number of nitrogens with zero attached hydrogens (tertiary/aromatic N) is 8. The summed E-state index contributed by atoms with van der Waals surface area (Å²) in [5.41, 5.74) is 1.62. The van der Waals surface area contributed by atoms with E-state index in [0.29, 0.717) is 34.5 Å². The van der Waals surface area contributed by atoms with Gasteiger partial charge in [-0.15, -0.1) is 6.58 Å². The van der Waals surface area contributed by atoms with Crippen LogP contribution in [0.5, 0.6) is 0 Å². The summed E-state index contributed by atoms with van der Waals surface area (Å²) in [6, 6.07) is 16.0. The molecule has 3 aliphatic heterocycles. The third kappa shape index (κ3) is 5.18. The van der Waals surface area contributed by atoms with Crippen molar-refractivity contribution in [2.24, 2.45) is 0 Å². The first-order valence-electron chi connectivity index (χ1n) is 15.6. The molecule has 3 aliphatic rings. The van der Waals surface area contributed by atoms with Crippen molar-refractivity contribution in [3.8, 4) is 5.82 Å². The van der Waals surface area contributed by atoms with Crippen molar-refractivity contribution >= 4 is 28.4 Å². The average molecular weight is 596 g/mol. The number of anilines is 3. The van der Waals surface area contributed by atoms with Crippen molar-refractivity contribution in [2.75, 3.05) is 43.4 Å². The lowest BCUT2D eigenvalue weighted by atomic mass is 10.0. The van der Waals surface area contributed by atoms with Crippen LogP contribution in [0.1, 0.15) is 38.8 Å². The summed E-state index contributed by atoms with van der Waals surface area (Å²) in [5.74, 6) is 0.848. The number of hydrogen-bond acceptors (Lipinski definition) is 9. The molecule has 3 saturated heterocycles. The van der Waals surface area contributed by atoms with E-state index >= 15 is 0 Å². The fourth-order valence-electron chi connectivity index (χ4n) is 7.17. The number of piperidine rings is 1. The summed E-state index contributed by atoms with van der Waals surface area (Å²) in [6.45, 7) is 12.0. The minimum atomic E-state index is -1.14. The van der Waals surface area contributed by atoms with Gasteiger partial charge in [-0.25, -0.2) is 19.3 Å². The molecule has 3 fully saturated rings. The van der Waals surface area contributed by atoms with Gasteiger partial charge in [-0.3, -0.25) is 9.69 Å². The number of likely N-dealkylation sites (tertiary alicyclic amines) is 2. The zero-order chi connectivity index (χ0) is 30.6. The van der Waals surface area contributed by atoms with Crippen LogP contribution in [0.3, 0.4) is 0 Å². The zero-order valence-corrected chi connectivity index (χ0v) is 25.7. The third-order valence-corrected chi connectivity index (χ3v) is 9.53. The molecular formula is C33H41N9O2. The predicted molar refractivity (Wildman–Crippen MR) is 173 cm³/mol. The Morgan fingerprint density at radius 3 is 2.48 bits per heavy atom. The van der Waals surface area contributed by atoms with Gasteiger partial charge in [0.05, 0.1) is 12.2 Å². The highest BCUT2D eigenvalue weighted by Gasteiger charge is 2.44. The van der Waals surface area contributed by atoms with E-state index in [9.17, 15) is 9.90 Å². The fraction of sp³-hybridized carbons (Fsp3) is 0.455. The first-order valence-corrected chi connectivity index (χ1v) is 15.6. The summed E-state index contributed by atoms with van der Waals surface area (Å²) in [6.07, 6.45) is 6.96. The number of nitrogens with one attached hydrogen (secondary N) is 1. The second kappa shape index (κ2) is 11.1. The molecule has 2 bridgehead atoms. The Balaban J connectivity index is 1.08. The monoisotopic (exact) mass is 595 g/mol. The van der Waals surface area contributed by atoms with Gasteiger partial charge < -0.3 is 20.2 Å². The normalized spacial score (nSPS) is 21.4. The van der Waals surface area contributed by atoms with Crippen LogP contribution in [0.15, 0.2) is 66.1 Å². The van der Waals surface area contributed by atoms with E-state index in [1.54, 1.807) is 42.9 Å². The van der Waals surface area contributed by atoms with E-state index in [0.717, 1.165) is 30.9 Å². The van der Waals surface area contributed by atoms with Crippen molar-refractivity contribution in [2.45, 2.75) is 63.4 Å². The van der Waals surface area contributed by atoms with Crippen molar-refractivity contribution in [3.63, 3.8) is 0 Å². The van der Waals surface area contributed by atoms with Crippen LogP contribution in [0, 0.1) is 0 Å². The van der Waals surface area contributed by atoms with Gasteiger partial charge in [0.2, 0.25) is 5.95 Å². The summed E-state index contributed by atoms with van der Waals surface area (Å²) >= 11 is 0. The highest BCUT2D eigenvalue weighted by molar-refractivity contribution is 5.77. The number of benzene rings is 1. The average Bonchev–Trinajstić information content (AvgIpc) is 3.68. The van der Waals surface area contributed by atoms with Gasteiger partial charge >= 0.3 is 0 Å². The van der Waals surface area contributed by atoms with Gasteiger partial charge in [-0.2, -0.15) is 4.98 Å². The topological polar surface area (TPSA) is 108 Å². The number of fused-ring (bicyclic) bond motifs is 3. The molecule has 2 atom stereocenters. The summed E-state index contributed by atoms with van der Waals surface area (Å²) < 4.78 is 3.19. The molecule has 2 N–H and O–H groups in total. The van der Waals surface area contributed by atoms with Gasteiger partial charge in [0, 0.05) is 61.9 Å². The third-order valence-electron chi connectivity index (χ3n) is 9.53. The lowest BCUT2D eigenvalue weighted by molar-refractivity contribution is 0.0738. The Labute approximate surface area is 257 Å². The van der Waals surface area contributed by atoms with Crippen LogP contribution < -0.4 is 15.8 Å². The van der Waals surface area contributed by atoms with Crippen LogP contribution in [0.4, 0.5) is 17.3 Å². The molecule has 0 amide bonds. The van der Waals surface area contributed by atoms with Crippen molar-refractivity contribution in [1.29, 1.82) is 0 Å². The molecule has 0 aliphatic carbocycles. The van der Waals surface area contributed by atoms with Crippen LogP contribution in [-0.4, -0.2) is 90.6 Å². The Morgan fingerprint density at radius 1 is 1.05 bits per heavy atom. The van der Waals surface area contributed by atoms with E-state index in [-0.39, 0.29) is 12.1 Å². The zero-order valence-electron chi connectivity index (χ0n) is 25.7. The summed E-state index contributed by atoms with van der Waals surface area (Å²) in [5, 5.41) is 14.2. The molecule has 3 aromatic heterocycles. The molecule has 11 heteroatoms. The standard InChI is InChI=1S/C33H41N9O2/c1-5-15-41-31(43)27-19-34-32(37-30(27)42(41)29-8-6-7-28(36-29)33(2,3)44)35-22-9-11-23(12-10-22)39-16-13-24(14-17-39)40-21-25-18-26(40)20-38(25)4/h5-12,19,24-26,44H,1,13-18,20-21H2,2-4H3,(H,34,35,37). The number of pyridine rings is 1. The number of aromatic nitrogens is 5. The number of allylic oxidation sites excluding steroid dienone is 1. The lowest BCUT2D eigenvalue weighted by Crippen LogP contribution is -2.52. The van der Waals surface area contributed by atoms with Gasteiger partial charge in [0.1, 0.15) is 11.0 Å². The molecule has 1 aromatic carbocycles. The maximum Gasteiger partial charge on any atom is 0.278 e. The molecule has 230 valence electrons. The Kier molecular flexibility index (Phi) is 7.26. The molecule has 0 radical (unpaired) electrons. The summed E-state index contributed by atoms with van der Waals surface area (Å²) in [7, 11) is 2.27. The minimum Gasteiger partial charge on any atom is -0.384 e. The Morgan fingerprint density at radius 2 is 1.82 bits per heavy atom. The molecule has 0 saturated carbocycles. The van der Waals surface area contributed by atoms with Crippen LogP contribution in [-0.2, 0) is 12.1 Å². The first-order chi connectivity index (χ1) is 21.2. The van der Waals surface area contributed by atoms with E-state index in [1.807, 2.05) is 6.07 Å². The largest absolute Gasteiger partial charge is 0.384 e. The maximum absolute atomic E-state index is 13.3. The smallest absolute Gasteiger partial charge is 0.278 e. The SMILES string of the molecule is C=CCn1c(=O)c2cnc(Nc3ccc(N4CCC(N5CC6CC5CN6C)CC4)cc3)nc2n1-c1cccc(C(C)(C)O)n1. The van der Waals surface area contributed by atoms with Gasteiger partial charge in [0.25, 0.3) is 5.56 Å². The molecule has 2 unspecified atom stereocenters. The first kappa shape index (κ1) is 28.7. The molecule has 44 heavy (non-hydrogen) atoms. The second-order valence-electron chi connectivity index (χ2n) is 12.9. The molecule has 0 spiro atoms. The van der Waals surface area contributed by atoms with Gasteiger partial charge in [0.15, 0.2) is 11.5 Å². The number of rotatable bonds is 8. The van der Waals surface area contributed by atoms with E-state index in [1.165, 1.54) is 42.7 Å². The van der Waals surface area contributed by atoms with Crippen LogP contribution in [0.2, 0.25) is 0 Å². The summed E-state index contributed by atoms with van der Waals surface area (Å²) in [4.78, 5) is 35.0. The number of piperazine rings is 1. The fourth-order valence-corrected chi connectivity index (χ4v) is 7.17. The number of hydrogen-bond donors (Lipinski definition) is 2. The Hall–Kier alpha value is -4.06. The van der Waals surface area contributed by atoms with Gasteiger partial charge in [-0.05, 0) is 76.6 Å². The molecular weight excluding hydrogens is 554 g/mol. The molecule has 6 heterocycles. The van der Waals surface area contributed by atoms with Crippen LogP contribution in [0.25, 0.3) is 16.9 Å². The molecule has 11 nitrogen and oxygen atoms in total. The highest BCUT2D eigenvalue weighted by atomic mass is 16.3. The van der Waals surface area contributed by atoms with E-state index in [4.69, 9.17) is 4.98 Å². The molecule has 4 aromatic rings. The van der Waals surface area contributed by atoms with E-state index < -0.39 is 5.60 Å². The van der Waals surface area contributed by atoms with Crippen molar-refractivity contribution < 1.29 is 5.11 Å². The maximum atomic E-state index is 13.3. The van der Waals surface area contributed by atoms with E-state index in [2.05, 4.69) is 67.9 Å². The lowest BCUT2D eigenvalue weighted by Gasteiger charge is -2.42. The van der Waals surface area contributed by atoms with Crippen molar-refractivity contribution in [3.05, 3.63) is 77.4 Å². The van der Waals surface area contributed by atoms with Crippen molar-refractivity contribution in [1.82, 2.24) is 34.1 Å². The predicted octanol–water partition coefficient (Wildman–Crippen LogP) is 3.49. The van der Waals surface area contributed by atoms with Gasteiger partial charge in [-0.1, -0.05) is 12.1 Å². The minimum absolute atomic E-state index is 0.236. The highest BCUT2D eigenvalue weighted by Crippen LogP contribution is 2.34. The van der Waals surface area contributed by atoms with Crippen LogP contribution >= 0.6 is 0 Å². The number of aliphatic hydroxyl groups is 1. The second-order valence-corrected chi connectivity index (χ2v) is 12.9.